The van der Waals surface area contributed by atoms with Gasteiger partial charge in [-0.25, -0.2) is 0 Å². The monoisotopic (exact) mass is 462 g/mol. The molecule has 3 atom stereocenters. The summed E-state index contributed by atoms with van der Waals surface area (Å²) in [5.74, 6) is 0.197. The maximum absolute atomic E-state index is 13.3. The zero-order chi connectivity index (χ0) is 20.7. The van der Waals surface area contributed by atoms with Crippen LogP contribution in [0.15, 0.2) is 94.8 Å². The standard InChI is InChI=1S/C24H19BrN2O3/c25-15-12-10-14(11-13-15)19-20(24(28)27-16-6-2-1-3-7-16)23(26)30-21-17-8-4-5-9-18(17)29-22(19)21/h1-13,19,21-22H,26H2,(H,27,28)/t19-,21-,22-/m0/s1. The lowest BCUT2D eigenvalue weighted by molar-refractivity contribution is -0.114. The van der Waals surface area contributed by atoms with Crippen molar-refractivity contribution in [1.82, 2.24) is 0 Å². The molecule has 1 amide bonds. The summed E-state index contributed by atoms with van der Waals surface area (Å²) in [6, 6.07) is 24.9. The molecule has 0 saturated heterocycles. The van der Waals surface area contributed by atoms with Gasteiger partial charge < -0.3 is 20.5 Å². The molecule has 0 fully saturated rings. The Hall–Kier alpha value is -3.25. The van der Waals surface area contributed by atoms with Gasteiger partial charge in [0.25, 0.3) is 5.91 Å². The van der Waals surface area contributed by atoms with Crippen LogP contribution in [0.5, 0.6) is 5.75 Å². The van der Waals surface area contributed by atoms with Crippen LogP contribution >= 0.6 is 15.9 Å². The summed E-state index contributed by atoms with van der Waals surface area (Å²) < 4.78 is 13.3. The Balaban J connectivity index is 1.58. The van der Waals surface area contributed by atoms with E-state index >= 15 is 0 Å². The molecule has 6 heteroatoms. The van der Waals surface area contributed by atoms with Crippen LogP contribution in [0.3, 0.4) is 0 Å². The molecular formula is C24H19BrN2O3. The number of hydrogen-bond donors (Lipinski definition) is 2. The van der Waals surface area contributed by atoms with E-state index in [0.717, 1.165) is 21.3 Å². The maximum atomic E-state index is 13.3. The van der Waals surface area contributed by atoms with Gasteiger partial charge in [-0.3, -0.25) is 4.79 Å². The van der Waals surface area contributed by atoms with Crippen LogP contribution in [0.4, 0.5) is 5.69 Å². The van der Waals surface area contributed by atoms with Crippen molar-refractivity contribution in [3.05, 3.63) is 106 Å². The Kier molecular flexibility index (Phi) is 4.71. The third kappa shape index (κ3) is 3.23. The summed E-state index contributed by atoms with van der Waals surface area (Å²) in [4.78, 5) is 13.3. The van der Waals surface area contributed by atoms with E-state index in [1.165, 1.54) is 0 Å². The number of nitrogens with one attached hydrogen (secondary N) is 1. The van der Waals surface area contributed by atoms with Crippen LogP contribution in [-0.4, -0.2) is 12.0 Å². The quantitative estimate of drug-likeness (QED) is 0.581. The van der Waals surface area contributed by atoms with Crippen LogP contribution in [0.25, 0.3) is 0 Å². The predicted octanol–water partition coefficient (Wildman–Crippen LogP) is 4.87. The first-order chi connectivity index (χ1) is 14.6. The zero-order valence-corrected chi connectivity index (χ0v) is 17.5. The van der Waals surface area contributed by atoms with Crippen molar-refractivity contribution in [1.29, 1.82) is 0 Å². The Morgan fingerprint density at radius 3 is 2.37 bits per heavy atom. The fraction of sp³-hybridized carbons (Fsp3) is 0.125. The highest BCUT2D eigenvalue weighted by Gasteiger charge is 2.49. The van der Waals surface area contributed by atoms with Crippen molar-refractivity contribution in [2.45, 2.75) is 18.1 Å². The third-order valence-electron chi connectivity index (χ3n) is 5.45. The molecule has 150 valence electrons. The van der Waals surface area contributed by atoms with E-state index in [2.05, 4.69) is 21.2 Å². The van der Waals surface area contributed by atoms with Crippen LogP contribution in [0.1, 0.15) is 23.1 Å². The molecule has 3 aromatic rings. The SMILES string of the molecule is NC1=C(C(=O)Nc2ccccc2)[C@H](c2ccc(Br)cc2)[C@@H]2Oc3ccccc3[C@@H]2O1. The predicted molar refractivity (Wildman–Crippen MR) is 118 cm³/mol. The number of fused-ring (bicyclic) bond motifs is 3. The summed E-state index contributed by atoms with van der Waals surface area (Å²) in [5.41, 5.74) is 9.27. The molecule has 2 aliphatic rings. The van der Waals surface area contributed by atoms with Gasteiger partial charge in [0.1, 0.15) is 5.75 Å². The summed E-state index contributed by atoms with van der Waals surface area (Å²) in [7, 11) is 0. The molecule has 0 saturated carbocycles. The lowest BCUT2D eigenvalue weighted by Crippen LogP contribution is -2.40. The fourth-order valence-electron chi connectivity index (χ4n) is 4.10. The van der Waals surface area contributed by atoms with Gasteiger partial charge in [-0.05, 0) is 35.9 Å². The molecule has 0 radical (unpaired) electrons. The first kappa shape index (κ1) is 18.8. The molecule has 30 heavy (non-hydrogen) atoms. The van der Waals surface area contributed by atoms with Crippen molar-refractivity contribution in [3.63, 3.8) is 0 Å². The molecule has 3 aromatic carbocycles. The first-order valence-corrected chi connectivity index (χ1v) is 10.4. The molecule has 2 aliphatic heterocycles. The highest BCUT2D eigenvalue weighted by Crippen LogP contribution is 2.50. The Labute approximate surface area is 182 Å². The number of nitrogens with two attached hydrogens (primary N) is 1. The number of para-hydroxylation sites is 2. The molecular weight excluding hydrogens is 444 g/mol. The average molecular weight is 463 g/mol. The number of benzene rings is 3. The summed E-state index contributed by atoms with van der Waals surface area (Å²) in [6.07, 6.45) is -0.768. The number of ether oxygens (including phenoxy) is 2. The maximum Gasteiger partial charge on any atom is 0.257 e. The first-order valence-electron chi connectivity index (χ1n) is 9.65. The molecule has 0 aliphatic carbocycles. The van der Waals surface area contributed by atoms with E-state index in [1.807, 2.05) is 78.9 Å². The Bertz CT molecular complexity index is 1130. The van der Waals surface area contributed by atoms with Crippen LogP contribution < -0.4 is 15.8 Å². The minimum absolute atomic E-state index is 0.123. The molecule has 5 nitrogen and oxygen atoms in total. The Morgan fingerprint density at radius 1 is 0.900 bits per heavy atom. The third-order valence-corrected chi connectivity index (χ3v) is 5.98. The largest absolute Gasteiger partial charge is 0.485 e. The summed E-state index contributed by atoms with van der Waals surface area (Å²) in [5, 5.41) is 2.93. The topological polar surface area (TPSA) is 73.6 Å². The number of rotatable bonds is 3. The zero-order valence-electron chi connectivity index (χ0n) is 15.9. The smallest absolute Gasteiger partial charge is 0.257 e. The van der Waals surface area contributed by atoms with Crippen LogP contribution in [0.2, 0.25) is 0 Å². The molecule has 0 bridgehead atoms. The number of halogens is 1. The number of hydrogen-bond acceptors (Lipinski definition) is 4. The van der Waals surface area contributed by atoms with Crippen LogP contribution in [0, 0.1) is 0 Å². The second kappa shape index (κ2) is 7.54. The number of amides is 1. The van der Waals surface area contributed by atoms with E-state index in [4.69, 9.17) is 15.2 Å². The van der Waals surface area contributed by atoms with Gasteiger partial charge in [-0.1, -0.05) is 64.5 Å². The van der Waals surface area contributed by atoms with Crippen molar-refractivity contribution in [2.24, 2.45) is 5.73 Å². The van der Waals surface area contributed by atoms with E-state index in [0.29, 0.717) is 11.3 Å². The minimum atomic E-state index is -0.396. The van der Waals surface area contributed by atoms with E-state index in [1.54, 1.807) is 0 Å². The van der Waals surface area contributed by atoms with Crippen molar-refractivity contribution in [2.75, 3.05) is 5.32 Å². The van der Waals surface area contributed by atoms with Crippen molar-refractivity contribution < 1.29 is 14.3 Å². The highest BCUT2D eigenvalue weighted by molar-refractivity contribution is 9.10. The van der Waals surface area contributed by atoms with Gasteiger partial charge in [0.15, 0.2) is 18.1 Å². The highest BCUT2D eigenvalue weighted by atomic mass is 79.9. The van der Waals surface area contributed by atoms with Gasteiger partial charge in [0.05, 0.1) is 11.5 Å². The Morgan fingerprint density at radius 2 is 1.60 bits per heavy atom. The second-order valence-corrected chi connectivity index (χ2v) is 8.20. The number of carbonyl (C=O) groups excluding carboxylic acids is 1. The molecule has 0 aromatic heterocycles. The molecule has 0 unspecified atom stereocenters. The number of carbonyl (C=O) groups is 1. The average Bonchev–Trinajstić information content (AvgIpc) is 3.12. The van der Waals surface area contributed by atoms with Crippen molar-refractivity contribution >= 4 is 27.5 Å². The van der Waals surface area contributed by atoms with E-state index in [9.17, 15) is 4.79 Å². The van der Waals surface area contributed by atoms with Gasteiger partial charge >= 0.3 is 0 Å². The van der Waals surface area contributed by atoms with Crippen LogP contribution in [-0.2, 0) is 9.53 Å². The molecule has 0 spiro atoms. The van der Waals surface area contributed by atoms with E-state index in [-0.39, 0.29) is 23.8 Å². The summed E-state index contributed by atoms with van der Waals surface area (Å²) in [6.45, 7) is 0. The lowest BCUT2D eigenvalue weighted by Gasteiger charge is -2.35. The van der Waals surface area contributed by atoms with Crippen molar-refractivity contribution in [3.8, 4) is 5.75 Å². The fourth-order valence-corrected chi connectivity index (χ4v) is 4.36. The second-order valence-electron chi connectivity index (χ2n) is 7.29. The van der Waals surface area contributed by atoms with Gasteiger partial charge in [0.2, 0.25) is 0 Å². The van der Waals surface area contributed by atoms with Gasteiger partial charge in [-0.2, -0.15) is 0 Å². The lowest BCUT2D eigenvalue weighted by atomic mass is 9.81. The molecule has 3 N–H and O–H groups in total. The van der Waals surface area contributed by atoms with Gasteiger partial charge in [0, 0.05) is 15.7 Å². The minimum Gasteiger partial charge on any atom is -0.485 e. The molecule has 2 heterocycles. The number of anilines is 1. The van der Waals surface area contributed by atoms with E-state index < -0.39 is 6.10 Å². The normalized spacial score (nSPS) is 21.8. The molecule has 5 rings (SSSR count). The summed E-state index contributed by atoms with van der Waals surface area (Å²) >= 11 is 3.48. The van der Waals surface area contributed by atoms with Gasteiger partial charge in [-0.15, -0.1) is 0 Å².